The summed E-state index contributed by atoms with van der Waals surface area (Å²) in [5.74, 6) is 0. The first-order valence-corrected chi connectivity index (χ1v) is 8.32. The molecule has 0 bridgehead atoms. The Balaban J connectivity index is 1.57. The Bertz CT molecular complexity index is 836. The van der Waals surface area contributed by atoms with Gasteiger partial charge in [0.1, 0.15) is 5.69 Å². The zero-order valence-corrected chi connectivity index (χ0v) is 14.1. The van der Waals surface area contributed by atoms with Gasteiger partial charge in [-0.05, 0) is 37.6 Å². The van der Waals surface area contributed by atoms with E-state index in [9.17, 15) is 0 Å². The molecule has 0 saturated heterocycles. The highest BCUT2D eigenvalue weighted by Gasteiger charge is 2.23. The molecule has 0 amide bonds. The summed E-state index contributed by atoms with van der Waals surface area (Å²) >= 11 is 0. The second-order valence-corrected chi connectivity index (χ2v) is 6.38. The third kappa shape index (κ3) is 2.83. The summed E-state index contributed by atoms with van der Waals surface area (Å²) in [5.41, 5.74) is 6.81. The van der Waals surface area contributed by atoms with E-state index in [1.807, 2.05) is 37.5 Å². The van der Waals surface area contributed by atoms with Crippen LogP contribution in [0.2, 0.25) is 0 Å². The second kappa shape index (κ2) is 6.17. The zero-order valence-electron chi connectivity index (χ0n) is 14.1. The Morgan fingerprint density at radius 3 is 2.71 bits per heavy atom. The Morgan fingerprint density at radius 2 is 1.96 bits per heavy atom. The van der Waals surface area contributed by atoms with Crippen molar-refractivity contribution < 1.29 is 0 Å². The standard InChI is InChI=1S/C19H21N5/c1-14-6-7-16(11-21-14)12-23-9-10-24-18(13-23)15(2)19(22-24)17-5-3-4-8-20-17/h3-8,11H,9-10,12-13H2,1-2H3. The van der Waals surface area contributed by atoms with E-state index in [-0.39, 0.29) is 0 Å². The average Bonchev–Trinajstić information content (AvgIpc) is 2.94. The van der Waals surface area contributed by atoms with E-state index in [0.717, 1.165) is 43.3 Å². The highest BCUT2D eigenvalue weighted by Crippen LogP contribution is 2.26. The molecule has 5 nitrogen and oxygen atoms in total. The van der Waals surface area contributed by atoms with E-state index >= 15 is 0 Å². The number of hydrogen-bond acceptors (Lipinski definition) is 4. The van der Waals surface area contributed by atoms with Gasteiger partial charge in [-0.3, -0.25) is 19.5 Å². The summed E-state index contributed by atoms with van der Waals surface area (Å²) in [7, 11) is 0. The van der Waals surface area contributed by atoms with Crippen LogP contribution in [-0.4, -0.2) is 31.2 Å². The number of hydrogen-bond donors (Lipinski definition) is 0. The zero-order chi connectivity index (χ0) is 16.5. The van der Waals surface area contributed by atoms with Crippen LogP contribution in [0.5, 0.6) is 0 Å². The maximum Gasteiger partial charge on any atom is 0.114 e. The van der Waals surface area contributed by atoms with Crippen LogP contribution in [0.15, 0.2) is 42.7 Å². The van der Waals surface area contributed by atoms with Crippen molar-refractivity contribution in [1.82, 2.24) is 24.6 Å². The molecular weight excluding hydrogens is 298 g/mol. The van der Waals surface area contributed by atoms with E-state index in [2.05, 4.69) is 38.6 Å². The molecule has 1 aliphatic heterocycles. The maximum absolute atomic E-state index is 4.79. The Hall–Kier alpha value is -2.53. The number of nitrogens with zero attached hydrogens (tertiary/aromatic N) is 5. The summed E-state index contributed by atoms with van der Waals surface area (Å²) in [6.45, 7) is 7.94. The Kier molecular flexibility index (Phi) is 3.86. The third-order valence-electron chi connectivity index (χ3n) is 4.61. The minimum absolute atomic E-state index is 0.916. The quantitative estimate of drug-likeness (QED) is 0.744. The van der Waals surface area contributed by atoms with Gasteiger partial charge in [-0.25, -0.2) is 0 Å². The smallest absolute Gasteiger partial charge is 0.114 e. The fourth-order valence-electron chi connectivity index (χ4n) is 3.23. The van der Waals surface area contributed by atoms with Gasteiger partial charge in [-0.1, -0.05) is 12.1 Å². The van der Waals surface area contributed by atoms with Gasteiger partial charge in [0.2, 0.25) is 0 Å². The fourth-order valence-corrected chi connectivity index (χ4v) is 3.23. The molecule has 3 aromatic rings. The SMILES string of the molecule is Cc1ccc(CN2CCn3nc(-c4ccccn4)c(C)c3C2)cn1. The molecular formula is C19H21N5. The second-order valence-electron chi connectivity index (χ2n) is 6.38. The van der Waals surface area contributed by atoms with Gasteiger partial charge in [0, 0.05) is 43.3 Å². The van der Waals surface area contributed by atoms with Crippen LogP contribution in [0.4, 0.5) is 0 Å². The first-order chi connectivity index (χ1) is 11.7. The molecule has 24 heavy (non-hydrogen) atoms. The normalized spacial score (nSPS) is 14.6. The molecule has 0 radical (unpaired) electrons. The molecule has 0 unspecified atom stereocenters. The molecule has 4 rings (SSSR count). The molecule has 3 aromatic heterocycles. The van der Waals surface area contributed by atoms with Gasteiger partial charge in [-0.2, -0.15) is 5.10 Å². The molecule has 0 aromatic carbocycles. The van der Waals surface area contributed by atoms with E-state index in [1.165, 1.54) is 16.8 Å². The molecule has 0 atom stereocenters. The van der Waals surface area contributed by atoms with Crippen LogP contribution in [-0.2, 0) is 19.6 Å². The topological polar surface area (TPSA) is 46.8 Å². The van der Waals surface area contributed by atoms with Gasteiger partial charge < -0.3 is 0 Å². The molecule has 4 heterocycles. The highest BCUT2D eigenvalue weighted by molar-refractivity contribution is 5.59. The molecule has 0 fully saturated rings. The first-order valence-electron chi connectivity index (χ1n) is 8.32. The minimum Gasteiger partial charge on any atom is -0.291 e. The maximum atomic E-state index is 4.79. The van der Waals surface area contributed by atoms with Crippen molar-refractivity contribution in [2.24, 2.45) is 0 Å². The summed E-state index contributed by atoms with van der Waals surface area (Å²) in [4.78, 5) is 11.3. The number of fused-ring (bicyclic) bond motifs is 1. The van der Waals surface area contributed by atoms with E-state index in [0.29, 0.717) is 0 Å². The molecule has 0 N–H and O–H groups in total. The average molecular weight is 319 g/mol. The van der Waals surface area contributed by atoms with Gasteiger partial charge in [-0.15, -0.1) is 0 Å². The Labute approximate surface area is 142 Å². The number of pyridine rings is 2. The van der Waals surface area contributed by atoms with Crippen LogP contribution < -0.4 is 0 Å². The van der Waals surface area contributed by atoms with Crippen LogP contribution in [0, 0.1) is 13.8 Å². The number of aryl methyl sites for hydroxylation is 1. The van der Waals surface area contributed by atoms with Crippen molar-refractivity contribution in [2.45, 2.75) is 33.5 Å². The van der Waals surface area contributed by atoms with Crippen molar-refractivity contribution in [2.75, 3.05) is 6.54 Å². The number of aromatic nitrogens is 4. The van der Waals surface area contributed by atoms with Gasteiger partial charge in [0.15, 0.2) is 0 Å². The monoisotopic (exact) mass is 319 g/mol. The van der Waals surface area contributed by atoms with Crippen molar-refractivity contribution >= 4 is 0 Å². The molecule has 1 aliphatic rings. The van der Waals surface area contributed by atoms with Crippen LogP contribution >= 0.6 is 0 Å². The van der Waals surface area contributed by atoms with Crippen LogP contribution in [0.3, 0.4) is 0 Å². The van der Waals surface area contributed by atoms with Crippen molar-refractivity contribution in [3.05, 3.63) is 65.2 Å². The number of rotatable bonds is 3. The predicted molar refractivity (Wildman–Crippen MR) is 93.3 cm³/mol. The lowest BCUT2D eigenvalue weighted by atomic mass is 10.1. The van der Waals surface area contributed by atoms with Crippen molar-refractivity contribution in [3.8, 4) is 11.4 Å². The molecule has 0 aliphatic carbocycles. The summed E-state index contributed by atoms with van der Waals surface area (Å²) < 4.78 is 2.14. The predicted octanol–water partition coefficient (Wildman–Crippen LogP) is 2.97. The lowest BCUT2D eigenvalue weighted by Crippen LogP contribution is -2.33. The third-order valence-corrected chi connectivity index (χ3v) is 4.61. The van der Waals surface area contributed by atoms with Crippen molar-refractivity contribution in [1.29, 1.82) is 0 Å². The molecule has 122 valence electrons. The van der Waals surface area contributed by atoms with Gasteiger partial charge >= 0.3 is 0 Å². The van der Waals surface area contributed by atoms with E-state index in [4.69, 9.17) is 5.10 Å². The van der Waals surface area contributed by atoms with Gasteiger partial charge in [0.05, 0.1) is 17.9 Å². The lowest BCUT2D eigenvalue weighted by Gasteiger charge is -2.28. The molecule has 0 saturated carbocycles. The first kappa shape index (κ1) is 15.0. The highest BCUT2D eigenvalue weighted by atomic mass is 15.3. The summed E-state index contributed by atoms with van der Waals surface area (Å²) in [6.07, 6.45) is 3.80. The van der Waals surface area contributed by atoms with E-state index < -0.39 is 0 Å². The molecule has 0 spiro atoms. The van der Waals surface area contributed by atoms with Gasteiger partial charge in [0.25, 0.3) is 0 Å². The van der Waals surface area contributed by atoms with Crippen LogP contribution in [0.25, 0.3) is 11.4 Å². The minimum atomic E-state index is 0.916. The van der Waals surface area contributed by atoms with E-state index in [1.54, 1.807) is 0 Å². The largest absolute Gasteiger partial charge is 0.291 e. The van der Waals surface area contributed by atoms with Crippen molar-refractivity contribution in [3.63, 3.8) is 0 Å². The summed E-state index contributed by atoms with van der Waals surface area (Å²) in [5, 5.41) is 4.79. The summed E-state index contributed by atoms with van der Waals surface area (Å²) in [6, 6.07) is 10.2. The van der Waals surface area contributed by atoms with Crippen LogP contribution in [0.1, 0.15) is 22.5 Å². The lowest BCUT2D eigenvalue weighted by molar-refractivity contribution is 0.204. The molecule has 5 heteroatoms. The Morgan fingerprint density at radius 1 is 1.04 bits per heavy atom. The fraction of sp³-hybridized carbons (Fsp3) is 0.316.